The van der Waals surface area contributed by atoms with Gasteiger partial charge in [0.25, 0.3) is 0 Å². The molecule has 76 valence electrons. The van der Waals surface area contributed by atoms with Gasteiger partial charge >= 0.3 is 5.97 Å². The lowest BCUT2D eigenvalue weighted by atomic mass is 9.98. The third-order valence-electron chi connectivity index (χ3n) is 3.18. The van der Waals surface area contributed by atoms with Crippen LogP contribution in [0.2, 0.25) is 0 Å². The zero-order valence-electron chi connectivity index (χ0n) is 8.71. The predicted molar refractivity (Wildman–Crippen MR) is 51.7 cm³/mol. The fourth-order valence-electron chi connectivity index (χ4n) is 1.95. The Hall–Kier alpha value is -0.570. The second-order valence-corrected chi connectivity index (χ2v) is 4.36. The molecule has 0 bridgehead atoms. The first-order valence-electron chi connectivity index (χ1n) is 4.98. The summed E-state index contributed by atoms with van der Waals surface area (Å²) in [6, 6.07) is -0.255. The number of rotatable bonds is 3. The minimum Gasteiger partial charge on any atom is -0.480 e. The van der Waals surface area contributed by atoms with E-state index in [1.807, 2.05) is 0 Å². The van der Waals surface area contributed by atoms with Crippen molar-refractivity contribution in [1.29, 1.82) is 0 Å². The maximum absolute atomic E-state index is 10.9. The number of carboxylic acids is 1. The Morgan fingerprint density at radius 1 is 1.62 bits per heavy atom. The first-order valence-corrected chi connectivity index (χ1v) is 4.98. The molecule has 0 saturated carbocycles. The lowest BCUT2D eigenvalue weighted by molar-refractivity contribution is -0.144. The van der Waals surface area contributed by atoms with E-state index in [0.29, 0.717) is 0 Å². The molecule has 0 aromatic heterocycles. The Morgan fingerprint density at radius 3 is 2.69 bits per heavy atom. The molecule has 3 heteroatoms. The number of nitrogens with zero attached hydrogens (tertiary/aromatic N) is 1. The van der Waals surface area contributed by atoms with Gasteiger partial charge in [-0.1, -0.05) is 6.92 Å². The Morgan fingerprint density at radius 2 is 2.23 bits per heavy atom. The summed E-state index contributed by atoms with van der Waals surface area (Å²) in [7, 11) is 0. The van der Waals surface area contributed by atoms with Gasteiger partial charge in [-0.25, -0.2) is 0 Å². The van der Waals surface area contributed by atoms with Gasteiger partial charge in [0.2, 0.25) is 0 Å². The number of hydrogen-bond donors (Lipinski definition) is 1. The normalized spacial score (nSPS) is 25.0. The number of carboxylic acid groups (broad SMARTS) is 1. The van der Waals surface area contributed by atoms with E-state index < -0.39 is 5.97 Å². The van der Waals surface area contributed by atoms with E-state index in [0.717, 1.165) is 25.8 Å². The number of carbonyl (C=O) groups is 1. The summed E-state index contributed by atoms with van der Waals surface area (Å²) in [6.45, 7) is 7.28. The summed E-state index contributed by atoms with van der Waals surface area (Å²) < 4.78 is 0. The fraction of sp³-hybridized carbons (Fsp3) is 0.900. The summed E-state index contributed by atoms with van der Waals surface area (Å²) in [5.74, 6) is -0.668. The third kappa shape index (κ3) is 2.02. The van der Waals surface area contributed by atoms with Gasteiger partial charge in [-0.2, -0.15) is 0 Å². The Balaban J connectivity index is 2.73. The van der Waals surface area contributed by atoms with Crippen molar-refractivity contribution in [2.75, 3.05) is 6.54 Å². The van der Waals surface area contributed by atoms with Crippen LogP contribution in [0, 0.1) is 0 Å². The summed E-state index contributed by atoms with van der Waals surface area (Å²) in [4.78, 5) is 13.1. The van der Waals surface area contributed by atoms with Crippen LogP contribution in [0.3, 0.4) is 0 Å². The maximum atomic E-state index is 10.9. The molecule has 0 aliphatic carbocycles. The van der Waals surface area contributed by atoms with Crippen LogP contribution < -0.4 is 0 Å². The van der Waals surface area contributed by atoms with Crippen LogP contribution in [-0.2, 0) is 4.79 Å². The van der Waals surface area contributed by atoms with Crippen LogP contribution in [0.4, 0.5) is 0 Å². The van der Waals surface area contributed by atoms with Crippen molar-refractivity contribution in [2.45, 2.75) is 51.6 Å². The van der Waals surface area contributed by atoms with Gasteiger partial charge < -0.3 is 5.11 Å². The maximum Gasteiger partial charge on any atom is 0.320 e. The van der Waals surface area contributed by atoms with E-state index in [4.69, 9.17) is 5.11 Å². The largest absolute Gasteiger partial charge is 0.480 e. The highest BCUT2D eigenvalue weighted by Gasteiger charge is 2.38. The van der Waals surface area contributed by atoms with Crippen molar-refractivity contribution >= 4 is 5.97 Å². The zero-order valence-corrected chi connectivity index (χ0v) is 8.71. The van der Waals surface area contributed by atoms with E-state index >= 15 is 0 Å². The van der Waals surface area contributed by atoms with Gasteiger partial charge in [0.05, 0.1) is 0 Å². The highest BCUT2D eigenvalue weighted by molar-refractivity contribution is 5.73. The summed E-state index contributed by atoms with van der Waals surface area (Å²) in [5, 5.41) is 9.00. The molecule has 0 amide bonds. The molecule has 1 rings (SSSR count). The molecule has 1 aliphatic rings. The Bertz CT molecular complexity index is 201. The molecule has 0 aromatic carbocycles. The molecular formula is C10H19NO2. The molecule has 13 heavy (non-hydrogen) atoms. The van der Waals surface area contributed by atoms with Crippen molar-refractivity contribution in [2.24, 2.45) is 0 Å². The minimum absolute atomic E-state index is 0.0273. The van der Waals surface area contributed by atoms with Crippen LogP contribution in [0.15, 0.2) is 0 Å². The third-order valence-corrected chi connectivity index (χ3v) is 3.18. The van der Waals surface area contributed by atoms with Gasteiger partial charge in [-0.3, -0.25) is 9.69 Å². The van der Waals surface area contributed by atoms with E-state index in [1.54, 1.807) is 0 Å². The molecule has 1 fully saturated rings. The van der Waals surface area contributed by atoms with E-state index in [-0.39, 0.29) is 11.6 Å². The molecule has 1 aliphatic heterocycles. The van der Waals surface area contributed by atoms with E-state index in [1.165, 1.54) is 0 Å². The first-order chi connectivity index (χ1) is 5.99. The molecular weight excluding hydrogens is 166 g/mol. The second-order valence-electron chi connectivity index (χ2n) is 4.36. The standard InChI is InChI=1S/C10H19NO2/c1-4-10(2,3)11-7-5-6-8(11)9(12)13/h8H,4-7H2,1-3H3,(H,12,13). The van der Waals surface area contributed by atoms with Gasteiger partial charge in [-0.05, 0) is 39.7 Å². The fourth-order valence-corrected chi connectivity index (χ4v) is 1.95. The number of hydrogen-bond acceptors (Lipinski definition) is 2. The lowest BCUT2D eigenvalue weighted by Gasteiger charge is -2.37. The van der Waals surface area contributed by atoms with Crippen molar-refractivity contribution in [3.63, 3.8) is 0 Å². The second kappa shape index (κ2) is 3.66. The van der Waals surface area contributed by atoms with E-state index in [2.05, 4.69) is 25.7 Å². The first kappa shape index (κ1) is 10.5. The van der Waals surface area contributed by atoms with Crippen LogP contribution in [0.1, 0.15) is 40.0 Å². The Kier molecular flexibility index (Phi) is 2.96. The lowest BCUT2D eigenvalue weighted by Crippen LogP contribution is -2.49. The molecule has 3 nitrogen and oxygen atoms in total. The minimum atomic E-state index is -0.668. The predicted octanol–water partition coefficient (Wildman–Crippen LogP) is 1.72. The van der Waals surface area contributed by atoms with Crippen molar-refractivity contribution < 1.29 is 9.90 Å². The van der Waals surface area contributed by atoms with Crippen LogP contribution >= 0.6 is 0 Å². The zero-order chi connectivity index (χ0) is 10.1. The summed E-state index contributed by atoms with van der Waals surface area (Å²) >= 11 is 0. The molecule has 1 unspecified atom stereocenters. The smallest absolute Gasteiger partial charge is 0.320 e. The molecule has 0 radical (unpaired) electrons. The van der Waals surface area contributed by atoms with Gasteiger partial charge in [-0.15, -0.1) is 0 Å². The van der Waals surface area contributed by atoms with Gasteiger partial charge in [0.1, 0.15) is 6.04 Å². The van der Waals surface area contributed by atoms with Gasteiger partial charge in [0.15, 0.2) is 0 Å². The molecule has 1 saturated heterocycles. The molecule has 0 aromatic rings. The average molecular weight is 185 g/mol. The van der Waals surface area contributed by atoms with Crippen molar-refractivity contribution in [3.05, 3.63) is 0 Å². The highest BCUT2D eigenvalue weighted by atomic mass is 16.4. The summed E-state index contributed by atoms with van der Waals surface area (Å²) in [5.41, 5.74) is 0.0273. The van der Waals surface area contributed by atoms with Crippen molar-refractivity contribution in [3.8, 4) is 0 Å². The average Bonchev–Trinajstić information content (AvgIpc) is 2.52. The van der Waals surface area contributed by atoms with E-state index in [9.17, 15) is 4.79 Å². The number of likely N-dealkylation sites (tertiary alicyclic amines) is 1. The van der Waals surface area contributed by atoms with Gasteiger partial charge in [0, 0.05) is 5.54 Å². The molecule has 0 spiro atoms. The molecule has 1 N–H and O–H groups in total. The van der Waals surface area contributed by atoms with Crippen molar-refractivity contribution in [1.82, 2.24) is 4.90 Å². The summed E-state index contributed by atoms with van der Waals surface area (Å²) in [6.07, 6.45) is 2.82. The highest BCUT2D eigenvalue weighted by Crippen LogP contribution is 2.28. The number of aliphatic carboxylic acids is 1. The van der Waals surface area contributed by atoms with Crippen LogP contribution in [0.25, 0.3) is 0 Å². The van der Waals surface area contributed by atoms with Crippen LogP contribution in [-0.4, -0.2) is 34.1 Å². The SMILES string of the molecule is CCC(C)(C)N1CCCC1C(=O)O. The monoisotopic (exact) mass is 185 g/mol. The molecule has 1 heterocycles. The Labute approximate surface area is 79.7 Å². The molecule has 1 atom stereocenters. The van der Waals surface area contributed by atoms with Crippen LogP contribution in [0.5, 0.6) is 0 Å². The quantitative estimate of drug-likeness (QED) is 0.728. The topological polar surface area (TPSA) is 40.5 Å².